The average molecular weight is 391 g/mol. The molecule has 1 amide bonds. The fraction of sp³-hybridized carbons (Fsp3) is 0.500. The number of ether oxygens (including phenoxy) is 1. The molecule has 3 nitrogen and oxygen atoms in total. The Kier molecular flexibility index (Phi) is 5.42. The van der Waals surface area contributed by atoms with E-state index in [1.54, 1.807) is 0 Å². The molecule has 2 rings (SSSR count). The molecule has 19 heavy (non-hydrogen) atoms. The first-order valence-electron chi connectivity index (χ1n) is 6.46. The molecule has 1 aliphatic heterocycles. The first kappa shape index (κ1) is 15.0. The molecular formula is C14H17Br2NO2. The Morgan fingerprint density at radius 2 is 2.26 bits per heavy atom. The van der Waals surface area contributed by atoms with Crippen LogP contribution in [-0.4, -0.2) is 25.2 Å². The molecule has 1 aromatic rings. The summed E-state index contributed by atoms with van der Waals surface area (Å²) in [6.45, 7) is 3.60. The maximum atomic E-state index is 12.2. The van der Waals surface area contributed by atoms with E-state index < -0.39 is 0 Å². The highest BCUT2D eigenvalue weighted by atomic mass is 79.9. The molecule has 0 bridgehead atoms. The van der Waals surface area contributed by atoms with Crippen LogP contribution in [0, 0.1) is 5.92 Å². The van der Waals surface area contributed by atoms with Crippen molar-refractivity contribution in [3.05, 3.63) is 32.7 Å². The zero-order chi connectivity index (χ0) is 13.8. The largest absolute Gasteiger partial charge is 0.378 e. The van der Waals surface area contributed by atoms with Crippen LogP contribution in [-0.2, 0) is 4.74 Å². The normalized spacial score (nSPS) is 22.5. The van der Waals surface area contributed by atoms with Gasteiger partial charge in [-0.25, -0.2) is 0 Å². The van der Waals surface area contributed by atoms with Crippen molar-refractivity contribution in [2.45, 2.75) is 25.9 Å². The highest BCUT2D eigenvalue weighted by molar-refractivity contribution is 9.11. The van der Waals surface area contributed by atoms with Crippen LogP contribution in [0.4, 0.5) is 0 Å². The lowest BCUT2D eigenvalue weighted by atomic mass is 9.99. The number of carbonyl (C=O) groups is 1. The van der Waals surface area contributed by atoms with E-state index in [9.17, 15) is 4.79 Å². The summed E-state index contributed by atoms with van der Waals surface area (Å²) in [5.41, 5.74) is 0.654. The molecule has 0 radical (unpaired) electrons. The second-order valence-corrected chi connectivity index (χ2v) is 6.47. The topological polar surface area (TPSA) is 38.3 Å². The summed E-state index contributed by atoms with van der Waals surface area (Å²) in [5, 5.41) is 3.00. The van der Waals surface area contributed by atoms with Crippen LogP contribution in [0.1, 0.15) is 30.1 Å². The highest BCUT2D eigenvalue weighted by Gasteiger charge is 2.27. The minimum absolute atomic E-state index is 0.0464. The third-order valence-electron chi connectivity index (χ3n) is 3.45. The molecule has 5 heteroatoms. The van der Waals surface area contributed by atoms with Gasteiger partial charge in [0.25, 0.3) is 5.91 Å². The van der Waals surface area contributed by atoms with E-state index >= 15 is 0 Å². The van der Waals surface area contributed by atoms with Gasteiger partial charge in [0.2, 0.25) is 0 Å². The van der Waals surface area contributed by atoms with Crippen molar-refractivity contribution >= 4 is 37.8 Å². The van der Waals surface area contributed by atoms with E-state index in [1.807, 2.05) is 18.2 Å². The molecule has 104 valence electrons. The van der Waals surface area contributed by atoms with Crippen LogP contribution in [0.2, 0.25) is 0 Å². The fourth-order valence-corrected chi connectivity index (χ4v) is 3.16. The number of halogens is 2. The molecule has 0 aliphatic carbocycles. The van der Waals surface area contributed by atoms with E-state index in [4.69, 9.17) is 4.74 Å². The van der Waals surface area contributed by atoms with E-state index in [0.717, 1.165) is 28.4 Å². The van der Waals surface area contributed by atoms with Crippen molar-refractivity contribution in [1.82, 2.24) is 5.32 Å². The molecule has 2 unspecified atom stereocenters. The number of nitrogens with one attached hydrogen (secondary N) is 1. The summed E-state index contributed by atoms with van der Waals surface area (Å²) in [6.07, 6.45) is 2.31. The molecule has 2 atom stereocenters. The van der Waals surface area contributed by atoms with Crippen molar-refractivity contribution in [2.75, 3.05) is 13.2 Å². The molecule has 1 fully saturated rings. The summed E-state index contributed by atoms with van der Waals surface area (Å²) in [4.78, 5) is 12.2. The van der Waals surface area contributed by atoms with Gasteiger partial charge in [0.05, 0.1) is 11.7 Å². The molecule has 0 aromatic heterocycles. The zero-order valence-corrected chi connectivity index (χ0v) is 14.0. The number of carbonyl (C=O) groups excluding carboxylic acids is 1. The van der Waals surface area contributed by atoms with Gasteiger partial charge in [-0.2, -0.15) is 0 Å². The first-order chi connectivity index (χ1) is 9.11. The van der Waals surface area contributed by atoms with E-state index in [1.165, 1.54) is 0 Å². The van der Waals surface area contributed by atoms with Crippen molar-refractivity contribution in [1.29, 1.82) is 0 Å². The van der Waals surface area contributed by atoms with Gasteiger partial charge in [-0.15, -0.1) is 0 Å². The minimum Gasteiger partial charge on any atom is -0.378 e. The van der Waals surface area contributed by atoms with Gasteiger partial charge in [-0.05, 0) is 47.0 Å². The van der Waals surface area contributed by atoms with Gasteiger partial charge in [0.15, 0.2) is 0 Å². The third-order valence-corrected chi connectivity index (χ3v) is 4.63. The lowest BCUT2D eigenvalue weighted by molar-refractivity contribution is 0.0826. The molecule has 1 aromatic carbocycles. The second kappa shape index (κ2) is 6.86. The number of hydrogen-bond acceptors (Lipinski definition) is 2. The van der Waals surface area contributed by atoms with Crippen LogP contribution in [0.5, 0.6) is 0 Å². The Bertz CT molecular complexity index is 465. The van der Waals surface area contributed by atoms with Crippen LogP contribution >= 0.6 is 31.9 Å². The van der Waals surface area contributed by atoms with Gasteiger partial charge < -0.3 is 10.1 Å². The molecule has 0 spiro atoms. The van der Waals surface area contributed by atoms with E-state index in [-0.39, 0.29) is 12.0 Å². The highest BCUT2D eigenvalue weighted by Crippen LogP contribution is 2.24. The van der Waals surface area contributed by atoms with Crippen LogP contribution in [0.3, 0.4) is 0 Å². The quantitative estimate of drug-likeness (QED) is 0.849. The molecule has 1 saturated heterocycles. The van der Waals surface area contributed by atoms with Gasteiger partial charge in [0.1, 0.15) is 0 Å². The zero-order valence-electron chi connectivity index (χ0n) is 10.8. The monoisotopic (exact) mass is 389 g/mol. The summed E-state index contributed by atoms with van der Waals surface area (Å²) in [7, 11) is 0. The molecule has 0 saturated carbocycles. The van der Waals surface area contributed by atoms with E-state index in [2.05, 4.69) is 44.1 Å². The lowest BCUT2D eigenvalue weighted by Gasteiger charge is -2.17. The summed E-state index contributed by atoms with van der Waals surface area (Å²) in [6, 6.07) is 5.59. The third kappa shape index (κ3) is 3.80. The predicted octanol–water partition coefficient (Wildman–Crippen LogP) is 3.76. The van der Waals surface area contributed by atoms with Gasteiger partial charge in [-0.1, -0.05) is 22.9 Å². The van der Waals surface area contributed by atoms with Crippen molar-refractivity contribution < 1.29 is 9.53 Å². The summed E-state index contributed by atoms with van der Waals surface area (Å²) < 4.78 is 7.34. The SMILES string of the molecule is CCC1OCCC1CNC(=O)c1cc(Br)ccc1Br. The smallest absolute Gasteiger partial charge is 0.252 e. The van der Waals surface area contributed by atoms with Crippen molar-refractivity contribution in [2.24, 2.45) is 5.92 Å². The van der Waals surface area contributed by atoms with Gasteiger partial charge in [0, 0.05) is 28.0 Å². The summed E-state index contributed by atoms with van der Waals surface area (Å²) in [5.74, 6) is 0.384. The fourth-order valence-electron chi connectivity index (χ4n) is 2.37. The summed E-state index contributed by atoms with van der Waals surface area (Å²) >= 11 is 6.79. The molecule has 1 aliphatic rings. The number of rotatable bonds is 4. The minimum atomic E-state index is -0.0464. The van der Waals surface area contributed by atoms with E-state index in [0.29, 0.717) is 18.0 Å². The van der Waals surface area contributed by atoms with Crippen LogP contribution < -0.4 is 5.32 Å². The van der Waals surface area contributed by atoms with Crippen molar-refractivity contribution in [3.8, 4) is 0 Å². The Balaban J connectivity index is 1.96. The standard InChI is InChI=1S/C14H17Br2NO2/c1-2-13-9(5-6-19-13)8-17-14(18)11-7-10(15)3-4-12(11)16/h3-4,7,9,13H,2,5-6,8H2,1H3,(H,17,18). The Hall–Kier alpha value is -0.390. The second-order valence-electron chi connectivity index (χ2n) is 4.70. The predicted molar refractivity (Wildman–Crippen MR) is 82.3 cm³/mol. The first-order valence-corrected chi connectivity index (χ1v) is 8.05. The van der Waals surface area contributed by atoms with Crippen LogP contribution in [0.25, 0.3) is 0 Å². The molecule has 1 heterocycles. The number of hydrogen-bond donors (Lipinski definition) is 1. The number of benzene rings is 1. The van der Waals surface area contributed by atoms with Gasteiger partial charge >= 0.3 is 0 Å². The van der Waals surface area contributed by atoms with Crippen LogP contribution in [0.15, 0.2) is 27.1 Å². The Morgan fingerprint density at radius 1 is 1.47 bits per heavy atom. The Labute approximate surface area is 130 Å². The maximum absolute atomic E-state index is 12.2. The maximum Gasteiger partial charge on any atom is 0.252 e. The lowest BCUT2D eigenvalue weighted by Crippen LogP contribution is -2.32. The average Bonchev–Trinajstić information content (AvgIpc) is 2.86. The Morgan fingerprint density at radius 3 is 3.00 bits per heavy atom. The molecule has 1 N–H and O–H groups in total. The van der Waals surface area contributed by atoms with Crippen molar-refractivity contribution in [3.63, 3.8) is 0 Å². The molecular weight excluding hydrogens is 374 g/mol. The number of amides is 1. The van der Waals surface area contributed by atoms with Gasteiger partial charge in [-0.3, -0.25) is 4.79 Å².